The van der Waals surface area contributed by atoms with Crippen LogP contribution in [0.1, 0.15) is 17.7 Å². The zero-order valence-electron chi connectivity index (χ0n) is 13.6. The first kappa shape index (κ1) is 17.5. The lowest BCUT2D eigenvalue weighted by molar-refractivity contribution is -0.116. The SMILES string of the molecule is Cc1nn(CCC(=O)Nc2nn(Cc3ccccc3)cc2Cl)cc1Cl. The second kappa shape index (κ2) is 7.72. The summed E-state index contributed by atoms with van der Waals surface area (Å²) in [6.07, 6.45) is 3.64. The van der Waals surface area contributed by atoms with Crippen molar-refractivity contribution in [1.82, 2.24) is 19.6 Å². The molecule has 0 aliphatic heterocycles. The molecule has 2 aromatic heterocycles. The highest BCUT2D eigenvalue weighted by Crippen LogP contribution is 2.20. The fourth-order valence-corrected chi connectivity index (χ4v) is 2.70. The molecule has 8 heteroatoms. The Labute approximate surface area is 155 Å². The maximum atomic E-state index is 12.1. The Morgan fingerprint density at radius 1 is 1.08 bits per heavy atom. The Hall–Kier alpha value is -2.31. The monoisotopic (exact) mass is 377 g/mol. The van der Waals surface area contributed by atoms with E-state index in [0.717, 1.165) is 11.3 Å². The van der Waals surface area contributed by atoms with Crippen molar-refractivity contribution >= 4 is 34.9 Å². The lowest BCUT2D eigenvalue weighted by Crippen LogP contribution is -2.15. The highest BCUT2D eigenvalue weighted by atomic mass is 35.5. The number of aromatic nitrogens is 4. The molecule has 0 radical (unpaired) electrons. The minimum Gasteiger partial charge on any atom is -0.308 e. The van der Waals surface area contributed by atoms with Crippen molar-refractivity contribution in [2.75, 3.05) is 5.32 Å². The Morgan fingerprint density at radius 3 is 2.48 bits per heavy atom. The summed E-state index contributed by atoms with van der Waals surface area (Å²) >= 11 is 12.1. The fourth-order valence-electron chi connectivity index (χ4n) is 2.35. The Kier molecular flexibility index (Phi) is 5.40. The third kappa shape index (κ3) is 4.61. The van der Waals surface area contributed by atoms with Crippen LogP contribution in [0.4, 0.5) is 5.82 Å². The number of aryl methyl sites for hydroxylation is 2. The molecule has 0 saturated heterocycles. The van der Waals surface area contributed by atoms with Gasteiger partial charge in [0.2, 0.25) is 5.91 Å². The number of nitrogens with zero attached hydrogens (tertiary/aromatic N) is 4. The predicted molar refractivity (Wildman–Crippen MR) is 98.0 cm³/mol. The molecule has 1 N–H and O–H groups in total. The molecule has 0 fully saturated rings. The van der Waals surface area contributed by atoms with Gasteiger partial charge in [-0.3, -0.25) is 14.2 Å². The Balaban J connectivity index is 1.57. The number of benzene rings is 1. The van der Waals surface area contributed by atoms with Gasteiger partial charge in [-0.15, -0.1) is 0 Å². The first-order valence-corrected chi connectivity index (χ1v) is 8.53. The predicted octanol–water partition coefficient (Wildman–Crippen LogP) is 3.77. The molecule has 2 heterocycles. The number of hydrogen-bond donors (Lipinski definition) is 1. The van der Waals surface area contributed by atoms with Crippen LogP contribution in [0.15, 0.2) is 42.7 Å². The first-order valence-electron chi connectivity index (χ1n) is 7.77. The highest BCUT2D eigenvalue weighted by Gasteiger charge is 2.12. The van der Waals surface area contributed by atoms with Gasteiger partial charge in [0.15, 0.2) is 5.82 Å². The molecule has 0 aliphatic carbocycles. The summed E-state index contributed by atoms with van der Waals surface area (Å²) in [5.41, 5.74) is 1.84. The van der Waals surface area contributed by atoms with Gasteiger partial charge >= 0.3 is 0 Å². The van der Waals surface area contributed by atoms with Crippen molar-refractivity contribution in [1.29, 1.82) is 0 Å². The van der Waals surface area contributed by atoms with Gasteiger partial charge in [-0.1, -0.05) is 53.5 Å². The number of carbonyl (C=O) groups excluding carboxylic acids is 1. The summed E-state index contributed by atoms with van der Waals surface area (Å²) in [4.78, 5) is 12.1. The van der Waals surface area contributed by atoms with Crippen LogP contribution in [0.25, 0.3) is 0 Å². The molecule has 1 amide bonds. The zero-order valence-corrected chi connectivity index (χ0v) is 15.1. The van der Waals surface area contributed by atoms with Gasteiger partial charge in [0.1, 0.15) is 5.02 Å². The zero-order chi connectivity index (χ0) is 17.8. The van der Waals surface area contributed by atoms with Crippen LogP contribution in [0.2, 0.25) is 10.0 Å². The second-order valence-electron chi connectivity index (χ2n) is 5.63. The van der Waals surface area contributed by atoms with E-state index in [-0.39, 0.29) is 12.3 Å². The van der Waals surface area contributed by atoms with Crippen LogP contribution in [-0.4, -0.2) is 25.5 Å². The molecule has 6 nitrogen and oxygen atoms in total. The first-order chi connectivity index (χ1) is 12.0. The van der Waals surface area contributed by atoms with Gasteiger partial charge < -0.3 is 5.32 Å². The van der Waals surface area contributed by atoms with Crippen LogP contribution in [0.3, 0.4) is 0 Å². The van der Waals surface area contributed by atoms with Gasteiger partial charge in [0.05, 0.1) is 17.3 Å². The number of rotatable bonds is 6. The van der Waals surface area contributed by atoms with Crippen molar-refractivity contribution < 1.29 is 4.79 Å². The van der Waals surface area contributed by atoms with Crippen molar-refractivity contribution in [2.45, 2.75) is 26.4 Å². The summed E-state index contributed by atoms with van der Waals surface area (Å²) in [7, 11) is 0. The smallest absolute Gasteiger partial charge is 0.227 e. The van der Waals surface area contributed by atoms with Gasteiger partial charge in [-0.05, 0) is 12.5 Å². The maximum absolute atomic E-state index is 12.1. The summed E-state index contributed by atoms with van der Waals surface area (Å²) < 4.78 is 3.34. The van der Waals surface area contributed by atoms with Crippen molar-refractivity contribution in [3.8, 4) is 0 Å². The number of anilines is 1. The molecule has 3 aromatic rings. The molecule has 0 bridgehead atoms. The molecule has 0 atom stereocenters. The molecule has 0 aliphatic rings. The summed E-state index contributed by atoms with van der Waals surface area (Å²) in [6.45, 7) is 2.83. The summed E-state index contributed by atoms with van der Waals surface area (Å²) in [5, 5.41) is 12.3. The molecule has 25 heavy (non-hydrogen) atoms. The molecule has 0 unspecified atom stereocenters. The van der Waals surface area contributed by atoms with Gasteiger partial charge in [-0.25, -0.2) is 0 Å². The third-order valence-electron chi connectivity index (χ3n) is 3.62. The summed E-state index contributed by atoms with van der Waals surface area (Å²) in [6, 6.07) is 9.90. The molecular weight excluding hydrogens is 361 g/mol. The Morgan fingerprint density at radius 2 is 1.80 bits per heavy atom. The second-order valence-corrected chi connectivity index (χ2v) is 6.45. The molecule has 1 aromatic carbocycles. The van der Waals surface area contributed by atoms with E-state index in [1.807, 2.05) is 37.3 Å². The number of nitrogens with one attached hydrogen (secondary N) is 1. The van der Waals surface area contributed by atoms with Gasteiger partial charge in [0.25, 0.3) is 0 Å². The minimum absolute atomic E-state index is 0.184. The molecular formula is C17H17Cl2N5O. The van der Waals surface area contributed by atoms with Crippen LogP contribution in [0.5, 0.6) is 0 Å². The van der Waals surface area contributed by atoms with Crippen LogP contribution >= 0.6 is 23.2 Å². The van der Waals surface area contributed by atoms with Crippen LogP contribution in [0, 0.1) is 6.92 Å². The van der Waals surface area contributed by atoms with Gasteiger partial charge in [-0.2, -0.15) is 10.2 Å². The lowest BCUT2D eigenvalue weighted by Gasteiger charge is -2.04. The number of amides is 1. The van der Waals surface area contributed by atoms with E-state index in [0.29, 0.717) is 29.0 Å². The number of carbonyl (C=O) groups is 1. The van der Waals surface area contributed by atoms with Crippen LogP contribution in [-0.2, 0) is 17.9 Å². The maximum Gasteiger partial charge on any atom is 0.227 e. The molecule has 0 saturated carbocycles. The normalized spacial score (nSPS) is 10.8. The van der Waals surface area contributed by atoms with Crippen LogP contribution < -0.4 is 5.32 Å². The van der Waals surface area contributed by atoms with Crippen molar-refractivity contribution in [2.24, 2.45) is 0 Å². The standard InChI is InChI=1S/C17H17Cl2N5O/c1-12-14(18)10-23(21-12)8-7-16(25)20-17-15(19)11-24(22-17)9-13-5-3-2-4-6-13/h2-6,10-11H,7-9H2,1H3,(H,20,22,25). The quantitative estimate of drug-likeness (QED) is 0.710. The topological polar surface area (TPSA) is 64.7 Å². The van der Waals surface area contributed by atoms with Crippen molar-refractivity contribution in [3.63, 3.8) is 0 Å². The molecule has 130 valence electrons. The van der Waals surface area contributed by atoms with Crippen molar-refractivity contribution in [3.05, 3.63) is 64.0 Å². The fraction of sp³-hybridized carbons (Fsp3) is 0.235. The average molecular weight is 378 g/mol. The van der Waals surface area contributed by atoms with E-state index in [1.54, 1.807) is 21.8 Å². The Bertz CT molecular complexity index is 853. The minimum atomic E-state index is -0.184. The number of halogens is 2. The average Bonchev–Trinajstić information content (AvgIpc) is 3.08. The molecule has 0 spiro atoms. The van der Waals surface area contributed by atoms with Gasteiger partial charge in [0, 0.05) is 25.4 Å². The number of hydrogen-bond acceptors (Lipinski definition) is 3. The van der Waals surface area contributed by atoms with E-state index in [4.69, 9.17) is 23.2 Å². The van der Waals surface area contributed by atoms with E-state index in [9.17, 15) is 4.79 Å². The lowest BCUT2D eigenvalue weighted by atomic mass is 10.2. The van der Waals surface area contributed by atoms with E-state index < -0.39 is 0 Å². The largest absolute Gasteiger partial charge is 0.308 e. The summed E-state index contributed by atoms with van der Waals surface area (Å²) in [5.74, 6) is 0.174. The molecule has 3 rings (SSSR count). The third-order valence-corrected chi connectivity index (χ3v) is 4.26. The highest BCUT2D eigenvalue weighted by molar-refractivity contribution is 6.33. The van der Waals surface area contributed by atoms with E-state index >= 15 is 0 Å². The van der Waals surface area contributed by atoms with E-state index in [1.165, 1.54) is 0 Å². The van der Waals surface area contributed by atoms with E-state index in [2.05, 4.69) is 15.5 Å².